The summed E-state index contributed by atoms with van der Waals surface area (Å²) in [6.07, 6.45) is 3.42. The first-order chi connectivity index (χ1) is 15.5. The van der Waals surface area contributed by atoms with Crippen LogP contribution in [0, 0.1) is 0 Å². The molecule has 0 bridgehead atoms. The van der Waals surface area contributed by atoms with Crippen LogP contribution in [0.25, 0.3) is 21.3 Å². The zero-order valence-corrected chi connectivity index (χ0v) is 18.3. The van der Waals surface area contributed by atoms with Crippen molar-refractivity contribution in [1.82, 2.24) is 25.1 Å². The maximum atomic E-state index is 12.9. The van der Waals surface area contributed by atoms with Gasteiger partial charge in [-0.15, -0.1) is 10.2 Å². The van der Waals surface area contributed by atoms with Crippen LogP contribution in [0.2, 0.25) is 0 Å². The number of benzene rings is 1. The smallest absolute Gasteiger partial charge is 0.257 e. The zero-order chi connectivity index (χ0) is 22.1. The van der Waals surface area contributed by atoms with E-state index in [0.29, 0.717) is 16.5 Å². The Morgan fingerprint density at radius 1 is 1.03 bits per heavy atom. The van der Waals surface area contributed by atoms with Crippen LogP contribution < -0.4 is 16.0 Å². The summed E-state index contributed by atoms with van der Waals surface area (Å²) in [5.41, 5.74) is 7.17. The Balaban J connectivity index is 1.36. The number of rotatable bonds is 4. The number of nitrogens with two attached hydrogens (primary N) is 1. The molecule has 5 rings (SSSR count). The van der Waals surface area contributed by atoms with Crippen molar-refractivity contribution in [1.29, 1.82) is 0 Å². The minimum absolute atomic E-state index is 0.220. The number of hydrogen-bond acceptors (Lipinski definition) is 9. The monoisotopic (exact) mass is 446 g/mol. The largest absolute Gasteiger partial charge is 0.374 e. The molecule has 1 saturated heterocycles. The predicted molar refractivity (Wildman–Crippen MR) is 127 cm³/mol. The van der Waals surface area contributed by atoms with Gasteiger partial charge < -0.3 is 20.9 Å². The number of fused-ring (bicyclic) bond motifs is 1. The first kappa shape index (κ1) is 20.3. The normalized spacial score (nSPS) is 14.6. The SMILES string of the molecule is CN1CCN(c2cc(C(=O)Nc3cc4cc(-c5nnc(N)s5)ccc4cn3)ccn2)CC1. The number of anilines is 3. The highest BCUT2D eigenvalue weighted by Crippen LogP contribution is 2.28. The summed E-state index contributed by atoms with van der Waals surface area (Å²) < 4.78 is 0. The quantitative estimate of drug-likeness (QED) is 0.492. The molecule has 0 aliphatic carbocycles. The van der Waals surface area contributed by atoms with Gasteiger partial charge in [-0.25, -0.2) is 9.97 Å². The van der Waals surface area contributed by atoms with E-state index in [1.165, 1.54) is 11.3 Å². The molecule has 3 aromatic heterocycles. The first-order valence-corrected chi connectivity index (χ1v) is 11.1. The third-order valence-electron chi connectivity index (χ3n) is 5.49. The molecular formula is C22H22N8OS. The summed E-state index contributed by atoms with van der Waals surface area (Å²) in [4.78, 5) is 26.2. The second-order valence-electron chi connectivity index (χ2n) is 7.72. The number of amides is 1. The van der Waals surface area contributed by atoms with Crippen LogP contribution >= 0.6 is 11.3 Å². The number of piperazine rings is 1. The van der Waals surface area contributed by atoms with Crippen LogP contribution in [0.15, 0.2) is 48.8 Å². The highest BCUT2D eigenvalue weighted by Gasteiger charge is 2.17. The summed E-state index contributed by atoms with van der Waals surface area (Å²) in [5.74, 6) is 1.08. The molecule has 0 unspecified atom stereocenters. The van der Waals surface area contributed by atoms with Gasteiger partial charge in [-0.1, -0.05) is 23.5 Å². The van der Waals surface area contributed by atoms with Crippen molar-refractivity contribution in [3.8, 4) is 10.6 Å². The van der Waals surface area contributed by atoms with Gasteiger partial charge in [0.05, 0.1) is 0 Å². The molecule has 0 atom stereocenters. The maximum absolute atomic E-state index is 12.9. The summed E-state index contributed by atoms with van der Waals surface area (Å²) >= 11 is 1.33. The molecule has 32 heavy (non-hydrogen) atoms. The number of carbonyl (C=O) groups is 1. The number of hydrogen-bond donors (Lipinski definition) is 2. The van der Waals surface area contributed by atoms with E-state index in [9.17, 15) is 4.79 Å². The third-order valence-corrected chi connectivity index (χ3v) is 6.29. The summed E-state index contributed by atoms with van der Waals surface area (Å²) in [6, 6.07) is 11.3. The van der Waals surface area contributed by atoms with Crippen LogP contribution in [-0.2, 0) is 0 Å². The van der Waals surface area contributed by atoms with Gasteiger partial charge in [0.25, 0.3) is 5.91 Å². The lowest BCUT2D eigenvalue weighted by atomic mass is 10.1. The molecule has 0 radical (unpaired) electrons. The van der Waals surface area contributed by atoms with E-state index >= 15 is 0 Å². The third kappa shape index (κ3) is 4.23. The number of pyridine rings is 2. The van der Waals surface area contributed by atoms with Gasteiger partial charge in [0.15, 0.2) is 0 Å². The summed E-state index contributed by atoms with van der Waals surface area (Å²) in [5, 5.41) is 14.0. The fraction of sp³-hybridized carbons (Fsp3) is 0.227. The Kier molecular flexibility index (Phi) is 5.38. The molecule has 10 heteroatoms. The Hall–Kier alpha value is -3.63. The van der Waals surface area contributed by atoms with E-state index in [1.807, 2.05) is 30.3 Å². The molecule has 1 aliphatic rings. The van der Waals surface area contributed by atoms with Crippen LogP contribution in [-0.4, -0.2) is 64.2 Å². The lowest BCUT2D eigenvalue weighted by Gasteiger charge is -2.33. The van der Waals surface area contributed by atoms with Crippen molar-refractivity contribution in [2.75, 3.05) is 49.2 Å². The molecule has 162 valence electrons. The number of nitrogen functional groups attached to an aromatic ring is 1. The molecule has 4 aromatic rings. The van der Waals surface area contributed by atoms with Gasteiger partial charge in [0.1, 0.15) is 16.6 Å². The number of likely N-dealkylation sites (N-methyl/N-ethyl adjacent to an activating group) is 1. The Bertz CT molecular complexity index is 1280. The number of aromatic nitrogens is 4. The van der Waals surface area contributed by atoms with Gasteiger partial charge >= 0.3 is 0 Å². The van der Waals surface area contributed by atoms with Gasteiger partial charge in [-0.2, -0.15) is 0 Å². The van der Waals surface area contributed by atoms with Crippen LogP contribution in [0.3, 0.4) is 0 Å². The first-order valence-electron chi connectivity index (χ1n) is 10.3. The molecule has 4 heterocycles. The van der Waals surface area contributed by atoms with Crippen molar-refractivity contribution < 1.29 is 4.79 Å². The standard InChI is InChI=1S/C22H22N8OS/c1-29-6-8-30(9-7-29)19-12-14(4-5-24-19)20(31)26-18-11-17-10-15(2-3-16(17)13-25-18)21-27-28-22(23)32-21/h2-5,10-13H,6-9H2,1H3,(H2,23,28)(H,25,26,31). The predicted octanol–water partition coefficient (Wildman–Crippen LogP) is 2.73. The van der Waals surface area contributed by atoms with Crippen LogP contribution in [0.1, 0.15) is 10.4 Å². The average Bonchev–Trinajstić information content (AvgIpc) is 3.25. The van der Waals surface area contributed by atoms with Crippen molar-refractivity contribution in [2.24, 2.45) is 0 Å². The van der Waals surface area contributed by atoms with Gasteiger partial charge in [-0.3, -0.25) is 4.79 Å². The molecule has 3 N–H and O–H groups in total. The molecule has 1 aliphatic heterocycles. The van der Waals surface area contributed by atoms with E-state index in [1.54, 1.807) is 18.5 Å². The Labute approximate surface area is 188 Å². The molecule has 9 nitrogen and oxygen atoms in total. The van der Waals surface area contributed by atoms with E-state index in [2.05, 4.69) is 42.3 Å². The Morgan fingerprint density at radius 2 is 1.88 bits per heavy atom. The number of nitrogens with one attached hydrogen (secondary N) is 1. The zero-order valence-electron chi connectivity index (χ0n) is 17.5. The van der Waals surface area contributed by atoms with Crippen LogP contribution in [0.4, 0.5) is 16.8 Å². The number of carbonyl (C=O) groups excluding carboxylic acids is 1. The van der Waals surface area contributed by atoms with Crippen molar-refractivity contribution in [3.05, 3.63) is 54.4 Å². The highest BCUT2D eigenvalue weighted by atomic mass is 32.1. The van der Waals surface area contributed by atoms with Gasteiger partial charge in [-0.05, 0) is 36.7 Å². The fourth-order valence-corrected chi connectivity index (χ4v) is 4.26. The maximum Gasteiger partial charge on any atom is 0.257 e. The molecule has 1 aromatic carbocycles. The van der Waals surface area contributed by atoms with E-state index in [-0.39, 0.29) is 5.91 Å². The van der Waals surface area contributed by atoms with Crippen LogP contribution in [0.5, 0.6) is 0 Å². The molecular weight excluding hydrogens is 424 g/mol. The Morgan fingerprint density at radius 3 is 2.66 bits per heavy atom. The van der Waals surface area contributed by atoms with E-state index < -0.39 is 0 Å². The van der Waals surface area contributed by atoms with E-state index in [0.717, 1.165) is 53.3 Å². The van der Waals surface area contributed by atoms with Gasteiger partial charge in [0, 0.05) is 55.1 Å². The van der Waals surface area contributed by atoms with Gasteiger partial charge in [0.2, 0.25) is 5.13 Å². The second kappa shape index (κ2) is 8.48. The fourth-order valence-electron chi connectivity index (χ4n) is 3.65. The van der Waals surface area contributed by atoms with E-state index in [4.69, 9.17) is 5.73 Å². The minimum Gasteiger partial charge on any atom is -0.374 e. The summed E-state index contributed by atoms with van der Waals surface area (Å²) in [7, 11) is 2.11. The van der Waals surface area contributed by atoms with Crippen molar-refractivity contribution in [2.45, 2.75) is 0 Å². The van der Waals surface area contributed by atoms with Crippen molar-refractivity contribution >= 4 is 44.8 Å². The minimum atomic E-state index is -0.220. The topological polar surface area (TPSA) is 113 Å². The number of nitrogens with zero attached hydrogens (tertiary/aromatic N) is 6. The lowest BCUT2D eigenvalue weighted by molar-refractivity contribution is 0.102. The molecule has 0 saturated carbocycles. The molecule has 1 amide bonds. The molecule has 1 fully saturated rings. The highest BCUT2D eigenvalue weighted by molar-refractivity contribution is 7.18. The van der Waals surface area contributed by atoms with Crippen molar-refractivity contribution in [3.63, 3.8) is 0 Å². The lowest BCUT2D eigenvalue weighted by Crippen LogP contribution is -2.44. The second-order valence-corrected chi connectivity index (χ2v) is 8.73. The summed E-state index contributed by atoms with van der Waals surface area (Å²) in [6.45, 7) is 3.74. The molecule has 0 spiro atoms. The average molecular weight is 447 g/mol.